The monoisotopic (exact) mass is 162 g/mol. The molecule has 62 valence electrons. The Morgan fingerprint density at radius 3 is 2.36 bits per heavy atom. The van der Waals surface area contributed by atoms with Crippen LogP contribution >= 0.6 is 0 Å². The lowest BCUT2D eigenvalue weighted by molar-refractivity contribution is -0.307. The maximum Gasteiger partial charge on any atom is 0.268 e. The van der Waals surface area contributed by atoms with Crippen LogP contribution in [-0.4, -0.2) is 17.9 Å². The highest BCUT2D eigenvalue weighted by molar-refractivity contribution is 5.73. The highest BCUT2D eigenvalue weighted by atomic mass is 19.3. The zero-order valence-corrected chi connectivity index (χ0v) is 5.80. The number of rotatable bonds is 3. The lowest BCUT2D eigenvalue weighted by atomic mass is 10.1. The molecule has 0 aromatic rings. The van der Waals surface area contributed by atoms with Crippen molar-refractivity contribution in [1.29, 1.82) is 0 Å². The molecular weight excluding hydrogens is 156 g/mol. The van der Waals surface area contributed by atoms with E-state index in [2.05, 4.69) is 4.85 Å². The fraction of sp³-hybridized carbons (Fsp3) is 0.667. The molecule has 0 aliphatic carbocycles. The van der Waals surface area contributed by atoms with Gasteiger partial charge in [0.25, 0.3) is 12.0 Å². The first-order valence-corrected chi connectivity index (χ1v) is 2.82. The number of hydrogen-bond acceptors (Lipinski definition) is 2. The summed E-state index contributed by atoms with van der Waals surface area (Å²) in [6, 6.07) is -1.74. The van der Waals surface area contributed by atoms with Crippen molar-refractivity contribution in [2.24, 2.45) is 0 Å². The third-order valence-corrected chi connectivity index (χ3v) is 0.980. The molecule has 0 unspecified atom stereocenters. The zero-order chi connectivity index (χ0) is 9.07. The smallest absolute Gasteiger partial charge is 0.268 e. The quantitative estimate of drug-likeness (QED) is 0.551. The highest BCUT2D eigenvalue weighted by Gasteiger charge is 2.30. The average Bonchev–Trinajstić information content (AvgIpc) is 1.80. The number of halogens is 2. The summed E-state index contributed by atoms with van der Waals surface area (Å²) in [5.41, 5.74) is 0. The van der Waals surface area contributed by atoms with Gasteiger partial charge in [0, 0.05) is 0 Å². The second-order valence-corrected chi connectivity index (χ2v) is 2.24. The van der Waals surface area contributed by atoms with Gasteiger partial charge in [-0.1, -0.05) is 0 Å². The number of aliphatic carboxylic acids is 1. The first-order valence-electron chi connectivity index (χ1n) is 2.82. The number of nitrogens with zero attached hydrogens (tertiary/aromatic N) is 1. The third kappa shape index (κ3) is 4.25. The predicted molar refractivity (Wildman–Crippen MR) is 30.6 cm³/mol. The minimum Gasteiger partial charge on any atom is -0.543 e. The number of carbonyl (C=O) groups is 1. The van der Waals surface area contributed by atoms with E-state index < -0.39 is 24.4 Å². The van der Waals surface area contributed by atoms with E-state index >= 15 is 0 Å². The molecule has 0 fully saturated rings. The Morgan fingerprint density at radius 2 is 2.27 bits per heavy atom. The van der Waals surface area contributed by atoms with Crippen molar-refractivity contribution in [2.45, 2.75) is 25.3 Å². The number of alkyl halides is 2. The highest BCUT2D eigenvalue weighted by Crippen LogP contribution is 2.20. The molecule has 0 aliphatic rings. The lowest BCUT2D eigenvalue weighted by Crippen LogP contribution is -2.36. The van der Waals surface area contributed by atoms with Crippen molar-refractivity contribution in [3.05, 3.63) is 11.4 Å². The molecule has 3 nitrogen and oxygen atoms in total. The maximum atomic E-state index is 12.1. The Kier molecular flexibility index (Phi) is 2.93. The fourth-order valence-electron chi connectivity index (χ4n) is 0.521. The summed E-state index contributed by atoms with van der Waals surface area (Å²) in [5.74, 6) is -4.88. The van der Waals surface area contributed by atoms with E-state index in [0.717, 1.165) is 0 Å². The summed E-state index contributed by atoms with van der Waals surface area (Å²) in [6.07, 6.45) is -0.987. The summed E-state index contributed by atoms with van der Waals surface area (Å²) in [4.78, 5) is 12.4. The van der Waals surface area contributed by atoms with E-state index in [9.17, 15) is 18.7 Å². The molecule has 0 saturated carbocycles. The van der Waals surface area contributed by atoms with Crippen LogP contribution in [0.2, 0.25) is 0 Å². The van der Waals surface area contributed by atoms with Crippen molar-refractivity contribution in [3.8, 4) is 0 Å². The molecule has 11 heavy (non-hydrogen) atoms. The van der Waals surface area contributed by atoms with Gasteiger partial charge in [0.05, 0.1) is 6.42 Å². The van der Waals surface area contributed by atoms with Gasteiger partial charge in [-0.05, 0) is 6.92 Å². The molecular formula is C6H6F2NO2-. The SMILES string of the molecule is [C-]#[N+][C@@H](CC(C)(F)F)C(=O)[O-]. The zero-order valence-electron chi connectivity index (χ0n) is 5.80. The Bertz CT molecular complexity index is 192. The molecule has 0 bridgehead atoms. The van der Waals surface area contributed by atoms with Gasteiger partial charge in [0.15, 0.2) is 0 Å². The molecule has 0 radical (unpaired) electrons. The van der Waals surface area contributed by atoms with E-state index in [4.69, 9.17) is 6.57 Å². The third-order valence-electron chi connectivity index (χ3n) is 0.980. The van der Waals surface area contributed by atoms with Gasteiger partial charge >= 0.3 is 0 Å². The molecule has 0 aromatic heterocycles. The molecule has 0 spiro atoms. The molecule has 0 aliphatic heterocycles. The summed E-state index contributed by atoms with van der Waals surface area (Å²) < 4.78 is 24.2. The largest absolute Gasteiger partial charge is 0.543 e. The van der Waals surface area contributed by atoms with Crippen molar-refractivity contribution in [3.63, 3.8) is 0 Å². The van der Waals surface area contributed by atoms with Gasteiger partial charge in [-0.15, -0.1) is 0 Å². The molecule has 0 rings (SSSR count). The van der Waals surface area contributed by atoms with Crippen molar-refractivity contribution in [1.82, 2.24) is 0 Å². The second-order valence-electron chi connectivity index (χ2n) is 2.24. The summed E-state index contributed by atoms with van der Waals surface area (Å²) in [5, 5.41) is 9.95. The number of carboxylic acid groups (broad SMARTS) is 1. The Labute approximate surface area is 62.5 Å². The standard InChI is InChI=1S/C6H7F2NO2/c1-6(7,8)3-4(9-2)5(10)11/h4H,3H2,1H3,(H,10,11)/p-1/t4-/m0/s1. The minimum absolute atomic E-state index is 0.564. The average molecular weight is 162 g/mol. The van der Waals surface area contributed by atoms with Crippen molar-refractivity contribution in [2.75, 3.05) is 0 Å². The number of hydrogen-bond donors (Lipinski definition) is 0. The molecule has 1 atom stereocenters. The molecule has 0 aromatic carbocycles. The van der Waals surface area contributed by atoms with Gasteiger partial charge in [-0.2, -0.15) is 0 Å². The van der Waals surface area contributed by atoms with Crippen molar-refractivity contribution >= 4 is 5.97 Å². The molecule has 0 saturated heterocycles. The van der Waals surface area contributed by atoms with Crippen LogP contribution in [0, 0.1) is 6.57 Å². The molecule has 0 heterocycles. The van der Waals surface area contributed by atoms with Crippen LogP contribution in [0.3, 0.4) is 0 Å². The Balaban J connectivity index is 4.13. The Hall–Kier alpha value is -1.18. The molecule has 5 heteroatoms. The maximum absolute atomic E-state index is 12.1. The van der Waals surface area contributed by atoms with E-state index in [1.807, 2.05) is 0 Å². The lowest BCUT2D eigenvalue weighted by Gasteiger charge is -2.11. The van der Waals surface area contributed by atoms with Crippen LogP contribution in [0.25, 0.3) is 4.85 Å². The topological polar surface area (TPSA) is 44.5 Å². The second kappa shape index (κ2) is 3.28. The van der Waals surface area contributed by atoms with E-state index in [0.29, 0.717) is 6.92 Å². The Morgan fingerprint density at radius 1 is 1.82 bits per heavy atom. The van der Waals surface area contributed by atoms with Crippen LogP contribution in [0.4, 0.5) is 8.78 Å². The first-order chi connectivity index (χ1) is 4.87. The van der Waals surface area contributed by atoms with Crippen LogP contribution in [0.5, 0.6) is 0 Å². The number of carboxylic acids is 1. The predicted octanol–water partition coefficient (Wildman–Crippen LogP) is 0.0695. The molecule has 0 amide bonds. The van der Waals surface area contributed by atoms with Gasteiger partial charge in [-0.3, -0.25) is 0 Å². The minimum atomic E-state index is -3.13. The fourth-order valence-corrected chi connectivity index (χ4v) is 0.521. The normalized spacial score (nSPS) is 13.6. The van der Waals surface area contributed by atoms with Crippen LogP contribution in [0.15, 0.2) is 0 Å². The van der Waals surface area contributed by atoms with E-state index in [1.54, 1.807) is 0 Å². The first kappa shape index (κ1) is 9.82. The van der Waals surface area contributed by atoms with E-state index in [-0.39, 0.29) is 0 Å². The van der Waals surface area contributed by atoms with Crippen LogP contribution < -0.4 is 5.11 Å². The van der Waals surface area contributed by atoms with E-state index in [1.165, 1.54) is 0 Å². The summed E-state index contributed by atoms with van der Waals surface area (Å²) in [6.45, 7) is 6.80. The van der Waals surface area contributed by atoms with Gasteiger partial charge in [0.2, 0.25) is 0 Å². The number of carbonyl (C=O) groups excluding carboxylic acids is 1. The van der Waals surface area contributed by atoms with Gasteiger partial charge in [0.1, 0.15) is 5.97 Å². The van der Waals surface area contributed by atoms with Gasteiger partial charge in [-0.25, -0.2) is 15.4 Å². The summed E-state index contributed by atoms with van der Waals surface area (Å²) in [7, 11) is 0. The van der Waals surface area contributed by atoms with Gasteiger partial charge < -0.3 is 14.7 Å². The van der Waals surface area contributed by atoms with Crippen LogP contribution in [-0.2, 0) is 4.79 Å². The summed E-state index contributed by atoms with van der Waals surface area (Å²) >= 11 is 0. The van der Waals surface area contributed by atoms with Crippen molar-refractivity contribution < 1.29 is 18.7 Å². The molecule has 0 N–H and O–H groups in total. The van der Waals surface area contributed by atoms with Crippen LogP contribution in [0.1, 0.15) is 13.3 Å².